The summed E-state index contributed by atoms with van der Waals surface area (Å²) in [5, 5.41) is 8.51. The van der Waals surface area contributed by atoms with Crippen LogP contribution in [0.5, 0.6) is 0 Å². The summed E-state index contributed by atoms with van der Waals surface area (Å²) in [7, 11) is -1.62. The van der Waals surface area contributed by atoms with Crippen LogP contribution in [0.2, 0.25) is 13.1 Å². The van der Waals surface area contributed by atoms with Crippen molar-refractivity contribution in [2.75, 3.05) is 0 Å². The number of fused-ring (bicyclic) bond motifs is 2. The number of benzene rings is 2. The van der Waals surface area contributed by atoms with Crippen LogP contribution in [-0.4, -0.2) is 8.07 Å². The molecule has 0 saturated heterocycles. The maximum Gasteiger partial charge on any atom is 3.00 e. The molecule has 0 aromatic heterocycles. The van der Waals surface area contributed by atoms with E-state index in [0.29, 0.717) is 0 Å². The van der Waals surface area contributed by atoms with Crippen LogP contribution in [0.3, 0.4) is 0 Å². The monoisotopic (exact) mass is 366 g/mol. The molecule has 3 heteroatoms. The quantitative estimate of drug-likeness (QED) is 0.370. The molecule has 0 radical (unpaired) electrons. The molecule has 112 valence electrons. The van der Waals surface area contributed by atoms with Crippen LogP contribution >= 0.6 is 0 Å². The Labute approximate surface area is 163 Å². The first-order valence-electron chi connectivity index (χ1n) is 7.46. The average molecular weight is 367 g/mol. The van der Waals surface area contributed by atoms with Crippen LogP contribution in [0.25, 0.3) is 21.5 Å². The second-order valence-corrected chi connectivity index (χ2v) is 10.8. The molecule has 0 aliphatic rings. The summed E-state index contributed by atoms with van der Waals surface area (Å²) in [6.45, 7) is 4.91. The molecule has 4 aromatic carbocycles. The van der Waals surface area contributed by atoms with Gasteiger partial charge in [0.05, 0.1) is 8.07 Å². The third-order valence-electron chi connectivity index (χ3n) is 4.68. The van der Waals surface area contributed by atoms with Crippen molar-refractivity contribution >= 4 is 40.0 Å². The molecule has 0 aliphatic carbocycles. The molecule has 0 aliphatic heterocycles. The smallest absolute Gasteiger partial charge is 1.00 e. The number of hydrogen-bond acceptors (Lipinski definition) is 0. The normalized spacial score (nSPS) is 11.2. The summed E-state index contributed by atoms with van der Waals surface area (Å²) < 4.78 is 0. The van der Waals surface area contributed by atoms with Crippen LogP contribution < -0.4 is 22.8 Å². The van der Waals surface area contributed by atoms with Crippen LogP contribution in [0.15, 0.2) is 72.8 Å². The van der Waals surface area contributed by atoms with Gasteiger partial charge in [0.1, 0.15) is 0 Å². The van der Waals surface area contributed by atoms with E-state index in [1.54, 1.807) is 0 Å². The van der Waals surface area contributed by atoms with Gasteiger partial charge in [-0.25, -0.2) is 0 Å². The minimum atomic E-state index is -1.62. The van der Waals surface area contributed by atoms with E-state index in [1.807, 2.05) is 0 Å². The predicted molar refractivity (Wildman–Crippen MR) is 95.8 cm³/mol. The molecule has 0 saturated carbocycles. The second-order valence-electron chi connectivity index (χ2n) is 6.37. The van der Waals surface area contributed by atoms with Crippen LogP contribution in [0, 0.1) is 0 Å². The Morgan fingerprint density at radius 3 is 1.48 bits per heavy atom. The van der Waals surface area contributed by atoms with E-state index in [1.165, 1.54) is 31.9 Å². The summed E-state index contributed by atoms with van der Waals surface area (Å²) in [5.74, 6) is 0. The van der Waals surface area contributed by atoms with Gasteiger partial charge in [-0.3, -0.25) is 0 Å². The van der Waals surface area contributed by atoms with Crippen molar-refractivity contribution in [1.82, 2.24) is 0 Å². The number of halogens is 1. The van der Waals surface area contributed by atoms with Crippen molar-refractivity contribution in [2.24, 2.45) is 0 Å². The van der Waals surface area contributed by atoms with Gasteiger partial charge in [0.2, 0.25) is 0 Å². The van der Waals surface area contributed by atoms with Gasteiger partial charge in [-0.2, -0.15) is 22.9 Å². The van der Waals surface area contributed by atoms with Crippen molar-refractivity contribution in [1.29, 1.82) is 0 Å². The molecule has 4 rings (SSSR count). The van der Waals surface area contributed by atoms with Gasteiger partial charge in [-0.15, -0.1) is 69.7 Å². The first kappa shape index (κ1) is 18.4. The molecule has 0 nitrogen and oxygen atoms in total. The van der Waals surface area contributed by atoms with E-state index in [2.05, 4.69) is 85.9 Å². The molecule has 0 heterocycles. The molecule has 23 heavy (non-hydrogen) atoms. The SMILES string of the molecule is C[Si](C)(c1cc2ccccc2[cH-]1)c1cc2ccccc2[cH-]1.[Cl-].[Sc+3]. The summed E-state index contributed by atoms with van der Waals surface area (Å²) >= 11 is 0. The number of hydrogen-bond donors (Lipinski definition) is 0. The maximum absolute atomic E-state index is 2.45. The predicted octanol–water partition coefficient (Wildman–Crippen LogP) is 1.25. The van der Waals surface area contributed by atoms with Crippen LogP contribution in [0.1, 0.15) is 0 Å². The van der Waals surface area contributed by atoms with Crippen molar-refractivity contribution in [3.8, 4) is 0 Å². The molecule has 0 amide bonds. The summed E-state index contributed by atoms with van der Waals surface area (Å²) in [5.41, 5.74) is 0. The summed E-state index contributed by atoms with van der Waals surface area (Å²) in [4.78, 5) is 0. The van der Waals surface area contributed by atoms with Gasteiger partial charge >= 0.3 is 25.8 Å². The Hall–Kier alpha value is -0.963. The maximum atomic E-state index is 2.45. The third-order valence-corrected chi connectivity index (χ3v) is 8.14. The molecule has 0 bridgehead atoms. The molecular weight excluding hydrogens is 349 g/mol. The van der Waals surface area contributed by atoms with Crippen molar-refractivity contribution < 1.29 is 38.3 Å². The van der Waals surface area contributed by atoms with Gasteiger partial charge < -0.3 is 12.4 Å². The van der Waals surface area contributed by atoms with Crippen molar-refractivity contribution in [2.45, 2.75) is 13.1 Å². The molecule has 0 unspecified atom stereocenters. The minimum absolute atomic E-state index is 0. The molecule has 0 N–H and O–H groups in total. The fraction of sp³-hybridized carbons (Fsp3) is 0.100. The van der Waals surface area contributed by atoms with Crippen molar-refractivity contribution in [3.63, 3.8) is 0 Å². The van der Waals surface area contributed by atoms with Gasteiger partial charge in [-0.1, -0.05) is 25.2 Å². The zero-order valence-corrected chi connectivity index (χ0v) is 16.9. The van der Waals surface area contributed by atoms with Crippen LogP contribution in [0.4, 0.5) is 0 Å². The first-order valence-corrected chi connectivity index (χ1v) is 10.5. The largest absolute Gasteiger partial charge is 3.00 e. The van der Waals surface area contributed by atoms with Gasteiger partial charge in [0, 0.05) is 0 Å². The zero-order valence-electron chi connectivity index (χ0n) is 13.4. The fourth-order valence-corrected chi connectivity index (χ4v) is 5.59. The molecule has 0 fully saturated rings. The van der Waals surface area contributed by atoms with E-state index in [4.69, 9.17) is 0 Å². The Balaban J connectivity index is 0.000000960. The Kier molecular flexibility index (Phi) is 5.50. The fourth-order valence-electron chi connectivity index (χ4n) is 3.19. The second kappa shape index (κ2) is 6.88. The molecular formula is C20H18ClScSi. The Morgan fingerprint density at radius 1 is 0.696 bits per heavy atom. The topological polar surface area (TPSA) is 0 Å². The van der Waals surface area contributed by atoms with Gasteiger partial charge in [0.25, 0.3) is 0 Å². The van der Waals surface area contributed by atoms with E-state index in [9.17, 15) is 0 Å². The average Bonchev–Trinajstić information content (AvgIpc) is 3.11. The van der Waals surface area contributed by atoms with Gasteiger partial charge in [-0.05, 0) is 0 Å². The standard InChI is InChI=1S/C20H18Si.ClH.Sc/c1-21(2,19-11-15-7-3-4-8-16(15)12-19)20-13-17-9-5-6-10-18(17)14-20;;/h3-14H,1-2H3;1H;/q-2;;+3/p-1. The van der Waals surface area contributed by atoms with Gasteiger partial charge in [0.15, 0.2) is 0 Å². The third kappa shape index (κ3) is 3.17. The summed E-state index contributed by atoms with van der Waals surface area (Å²) in [6, 6.07) is 26.9. The molecule has 0 spiro atoms. The summed E-state index contributed by atoms with van der Waals surface area (Å²) in [6.07, 6.45) is 0. The van der Waals surface area contributed by atoms with E-state index < -0.39 is 8.07 Å². The first-order chi connectivity index (χ1) is 10.1. The van der Waals surface area contributed by atoms with Crippen LogP contribution in [-0.2, 0) is 25.8 Å². The van der Waals surface area contributed by atoms with E-state index >= 15 is 0 Å². The van der Waals surface area contributed by atoms with E-state index in [0.717, 1.165) is 0 Å². The Bertz CT molecular complexity index is 791. The molecule has 0 atom stereocenters. The number of rotatable bonds is 2. The Morgan fingerprint density at radius 2 is 1.09 bits per heavy atom. The van der Waals surface area contributed by atoms with Crippen molar-refractivity contribution in [3.05, 3.63) is 72.8 Å². The zero-order chi connectivity index (χ0) is 14.4. The molecule has 4 aromatic rings. The van der Waals surface area contributed by atoms with E-state index in [-0.39, 0.29) is 38.3 Å². The minimum Gasteiger partial charge on any atom is -1.00 e.